The van der Waals surface area contributed by atoms with E-state index in [1.54, 1.807) is 0 Å². The second kappa shape index (κ2) is 6.89. The van der Waals surface area contributed by atoms with Crippen molar-refractivity contribution in [1.82, 2.24) is 4.90 Å². The molecule has 2 heterocycles. The van der Waals surface area contributed by atoms with Gasteiger partial charge in [0.25, 0.3) is 0 Å². The number of benzene rings is 1. The molecule has 2 aliphatic heterocycles. The molecule has 0 N–H and O–H groups in total. The molecule has 0 amide bonds. The number of hydrogen-bond donors (Lipinski definition) is 0. The molecule has 5 heteroatoms. The third kappa shape index (κ3) is 3.35. The molecule has 0 aromatic heterocycles. The number of carbonyl (C=O) groups is 1. The highest BCUT2D eigenvalue weighted by Crippen LogP contribution is 2.38. The van der Waals surface area contributed by atoms with Gasteiger partial charge in [-0.05, 0) is 18.1 Å². The van der Waals surface area contributed by atoms with Crippen molar-refractivity contribution in [3.63, 3.8) is 0 Å². The zero-order chi connectivity index (χ0) is 16.4. The first-order valence-corrected chi connectivity index (χ1v) is 8.27. The number of methoxy groups -OCH3 is 1. The zero-order valence-electron chi connectivity index (χ0n) is 14.1. The van der Waals surface area contributed by atoms with Crippen molar-refractivity contribution in [2.45, 2.75) is 19.9 Å². The number of rotatable bonds is 4. The molecule has 0 spiro atoms. The van der Waals surface area contributed by atoms with E-state index in [0.29, 0.717) is 30.0 Å². The molecule has 1 aromatic rings. The van der Waals surface area contributed by atoms with Crippen molar-refractivity contribution < 1.29 is 19.0 Å². The summed E-state index contributed by atoms with van der Waals surface area (Å²) in [6.07, 6.45) is 0. The largest absolute Gasteiger partial charge is 0.492 e. The van der Waals surface area contributed by atoms with Crippen molar-refractivity contribution in [3.05, 3.63) is 29.3 Å². The van der Waals surface area contributed by atoms with E-state index in [-0.39, 0.29) is 5.97 Å². The topological polar surface area (TPSA) is 48.0 Å². The summed E-state index contributed by atoms with van der Waals surface area (Å²) in [5.74, 6) is 1.55. The van der Waals surface area contributed by atoms with Crippen LogP contribution in [0, 0.1) is 11.8 Å². The number of fused-ring (bicyclic) bond motifs is 1. The lowest BCUT2D eigenvalue weighted by Gasteiger charge is -2.38. The minimum atomic E-state index is -0.329. The van der Waals surface area contributed by atoms with E-state index in [2.05, 4.69) is 18.7 Å². The Balaban J connectivity index is 1.90. The number of ether oxygens (including phenoxy) is 3. The molecule has 126 valence electrons. The Hall–Kier alpha value is -1.59. The number of carbonyl (C=O) groups excluding carboxylic acids is 1. The van der Waals surface area contributed by atoms with E-state index in [1.165, 1.54) is 7.11 Å². The predicted molar refractivity (Wildman–Crippen MR) is 86.7 cm³/mol. The molecule has 0 saturated carbocycles. The van der Waals surface area contributed by atoms with Gasteiger partial charge < -0.3 is 14.2 Å². The van der Waals surface area contributed by atoms with E-state index >= 15 is 0 Å². The van der Waals surface area contributed by atoms with Crippen LogP contribution >= 0.6 is 0 Å². The Morgan fingerprint density at radius 2 is 2.17 bits per heavy atom. The number of esters is 1. The van der Waals surface area contributed by atoms with Crippen LogP contribution in [0.4, 0.5) is 0 Å². The SMILES string of the molecule is COC(=O)c1ccc2c(c1)OCCN(CC1COC1)C2C(C)C. The first kappa shape index (κ1) is 16.3. The average Bonchev–Trinajstić information content (AvgIpc) is 2.68. The van der Waals surface area contributed by atoms with Crippen LogP contribution in [0.25, 0.3) is 0 Å². The van der Waals surface area contributed by atoms with Gasteiger partial charge in [-0.2, -0.15) is 0 Å². The molecule has 1 saturated heterocycles. The smallest absolute Gasteiger partial charge is 0.337 e. The maximum absolute atomic E-state index is 11.8. The Kier molecular flexibility index (Phi) is 4.87. The predicted octanol–water partition coefficient (Wildman–Crippen LogP) is 2.51. The molecule has 2 aliphatic rings. The summed E-state index contributed by atoms with van der Waals surface area (Å²) in [6.45, 7) is 8.74. The molecule has 0 aliphatic carbocycles. The second-order valence-electron chi connectivity index (χ2n) is 6.68. The van der Waals surface area contributed by atoms with Gasteiger partial charge >= 0.3 is 5.97 Å². The van der Waals surface area contributed by atoms with Gasteiger partial charge in [0.2, 0.25) is 0 Å². The van der Waals surface area contributed by atoms with E-state index in [9.17, 15) is 4.79 Å². The van der Waals surface area contributed by atoms with Crippen LogP contribution in [0.1, 0.15) is 35.8 Å². The molecule has 0 bridgehead atoms. The normalized spacial score (nSPS) is 22.0. The monoisotopic (exact) mass is 319 g/mol. The average molecular weight is 319 g/mol. The van der Waals surface area contributed by atoms with Gasteiger partial charge in [0.1, 0.15) is 12.4 Å². The fourth-order valence-corrected chi connectivity index (χ4v) is 3.46. The molecule has 1 fully saturated rings. The Bertz CT molecular complexity index is 568. The summed E-state index contributed by atoms with van der Waals surface area (Å²) in [5.41, 5.74) is 1.69. The first-order valence-electron chi connectivity index (χ1n) is 8.27. The molecule has 0 radical (unpaired) electrons. The highest BCUT2D eigenvalue weighted by Gasteiger charge is 2.32. The van der Waals surface area contributed by atoms with E-state index in [0.717, 1.165) is 37.6 Å². The van der Waals surface area contributed by atoms with Crippen LogP contribution in [0.5, 0.6) is 5.75 Å². The third-order valence-corrected chi connectivity index (χ3v) is 4.61. The fraction of sp³-hybridized carbons (Fsp3) is 0.611. The molecule has 5 nitrogen and oxygen atoms in total. The quantitative estimate of drug-likeness (QED) is 0.798. The summed E-state index contributed by atoms with van der Waals surface area (Å²) in [5, 5.41) is 0. The molecular formula is C18H25NO4. The van der Waals surface area contributed by atoms with Crippen LogP contribution in [0.3, 0.4) is 0 Å². The van der Waals surface area contributed by atoms with E-state index in [4.69, 9.17) is 14.2 Å². The van der Waals surface area contributed by atoms with Gasteiger partial charge in [-0.25, -0.2) is 4.79 Å². The van der Waals surface area contributed by atoms with Crippen LogP contribution in [-0.2, 0) is 9.47 Å². The van der Waals surface area contributed by atoms with E-state index < -0.39 is 0 Å². The third-order valence-electron chi connectivity index (χ3n) is 4.61. The maximum atomic E-state index is 11.8. The van der Waals surface area contributed by atoms with Crippen LogP contribution in [0.15, 0.2) is 18.2 Å². The molecule has 3 rings (SSSR count). The lowest BCUT2D eigenvalue weighted by atomic mass is 9.92. The van der Waals surface area contributed by atoms with Crippen molar-refractivity contribution >= 4 is 5.97 Å². The van der Waals surface area contributed by atoms with Gasteiger partial charge in [-0.3, -0.25) is 4.90 Å². The summed E-state index contributed by atoms with van der Waals surface area (Å²) < 4.78 is 16.1. The molecule has 1 atom stereocenters. The second-order valence-corrected chi connectivity index (χ2v) is 6.68. The standard InChI is InChI=1S/C18H25NO4/c1-12(2)17-15-5-4-14(18(20)21-3)8-16(15)23-7-6-19(17)9-13-10-22-11-13/h4-5,8,12-13,17H,6-7,9-11H2,1-3H3. The molecule has 23 heavy (non-hydrogen) atoms. The highest BCUT2D eigenvalue weighted by atomic mass is 16.5. The summed E-state index contributed by atoms with van der Waals surface area (Å²) in [6, 6.07) is 5.95. The minimum absolute atomic E-state index is 0.291. The first-order chi connectivity index (χ1) is 11.1. The van der Waals surface area contributed by atoms with Crippen molar-refractivity contribution in [3.8, 4) is 5.75 Å². The van der Waals surface area contributed by atoms with Gasteiger partial charge in [-0.15, -0.1) is 0 Å². The van der Waals surface area contributed by atoms with Crippen molar-refractivity contribution in [2.75, 3.05) is 40.0 Å². The van der Waals surface area contributed by atoms with Gasteiger partial charge in [0.05, 0.1) is 25.9 Å². The number of nitrogens with zero attached hydrogens (tertiary/aromatic N) is 1. The van der Waals surface area contributed by atoms with Gasteiger partial charge in [0.15, 0.2) is 0 Å². The molecule has 1 aromatic carbocycles. The lowest BCUT2D eigenvalue weighted by molar-refractivity contribution is -0.0546. The van der Waals surface area contributed by atoms with Gasteiger partial charge in [-0.1, -0.05) is 19.9 Å². The minimum Gasteiger partial charge on any atom is -0.492 e. The van der Waals surface area contributed by atoms with Crippen LogP contribution < -0.4 is 4.74 Å². The highest BCUT2D eigenvalue weighted by molar-refractivity contribution is 5.90. The summed E-state index contributed by atoms with van der Waals surface area (Å²) >= 11 is 0. The fourth-order valence-electron chi connectivity index (χ4n) is 3.46. The van der Waals surface area contributed by atoms with Crippen molar-refractivity contribution in [1.29, 1.82) is 0 Å². The Labute approximate surface area is 137 Å². The zero-order valence-corrected chi connectivity index (χ0v) is 14.1. The summed E-state index contributed by atoms with van der Waals surface area (Å²) in [4.78, 5) is 14.3. The Morgan fingerprint density at radius 1 is 1.39 bits per heavy atom. The van der Waals surface area contributed by atoms with Crippen LogP contribution in [0.2, 0.25) is 0 Å². The molecule has 1 unspecified atom stereocenters. The summed E-state index contributed by atoms with van der Waals surface area (Å²) in [7, 11) is 1.40. The van der Waals surface area contributed by atoms with E-state index in [1.807, 2.05) is 18.2 Å². The van der Waals surface area contributed by atoms with Gasteiger partial charge in [0, 0.05) is 30.6 Å². The number of hydrogen-bond acceptors (Lipinski definition) is 5. The maximum Gasteiger partial charge on any atom is 0.337 e. The Morgan fingerprint density at radius 3 is 2.78 bits per heavy atom. The molecular weight excluding hydrogens is 294 g/mol. The van der Waals surface area contributed by atoms with Crippen LogP contribution in [-0.4, -0.2) is 50.9 Å². The lowest BCUT2D eigenvalue weighted by Crippen LogP contribution is -2.43. The van der Waals surface area contributed by atoms with Crippen molar-refractivity contribution in [2.24, 2.45) is 11.8 Å².